The van der Waals surface area contributed by atoms with E-state index in [-0.39, 0.29) is 16.9 Å². The fraction of sp³-hybridized carbons (Fsp3) is 0.333. The summed E-state index contributed by atoms with van der Waals surface area (Å²) in [6, 6.07) is 7.11. The fourth-order valence-electron chi connectivity index (χ4n) is 6.18. The lowest BCUT2D eigenvalue weighted by atomic mass is 9.95. The second kappa shape index (κ2) is 9.36. The summed E-state index contributed by atoms with van der Waals surface area (Å²) in [4.78, 5) is 24.6. The molecule has 0 N–H and O–H groups in total. The van der Waals surface area contributed by atoms with Crippen LogP contribution in [0, 0.1) is 0 Å². The minimum Gasteiger partial charge on any atom is -0.375 e. The molecule has 1 saturated heterocycles. The van der Waals surface area contributed by atoms with Crippen molar-refractivity contribution in [1.29, 1.82) is 0 Å². The van der Waals surface area contributed by atoms with Gasteiger partial charge in [0.1, 0.15) is 5.69 Å². The van der Waals surface area contributed by atoms with Crippen molar-refractivity contribution >= 4 is 27.8 Å². The monoisotopic (exact) mass is 587 g/mol. The molecule has 0 aliphatic carbocycles. The standard InChI is InChI=1S/C30H31F2N9O2/c1-30(43-6)14-40(15-30)24-8-18(7-23-26(24)39(5)29(42)38(23)4)41-22-10-20(27(31)32)19(17-11-34-37(3)13-17)9-21(22)35-28(41)25-12-33-16-36(25)2/h7-13,16,27H,14-15H2,1-6H3. The molecule has 0 radical (unpaired) electrons. The molecule has 0 bridgehead atoms. The quantitative estimate of drug-likeness (QED) is 0.290. The van der Waals surface area contributed by atoms with E-state index in [1.807, 2.05) is 35.2 Å². The van der Waals surface area contributed by atoms with E-state index in [0.717, 1.165) is 11.2 Å². The molecule has 5 heterocycles. The molecule has 1 aliphatic heterocycles. The number of ether oxygens (including phenoxy) is 1. The molecule has 0 unspecified atom stereocenters. The smallest absolute Gasteiger partial charge is 0.328 e. The van der Waals surface area contributed by atoms with Crippen LogP contribution in [0.2, 0.25) is 0 Å². The lowest BCUT2D eigenvalue weighted by Crippen LogP contribution is -2.61. The first-order valence-corrected chi connectivity index (χ1v) is 13.8. The van der Waals surface area contributed by atoms with Crippen molar-refractivity contribution < 1.29 is 13.5 Å². The molecule has 11 nitrogen and oxygen atoms in total. The van der Waals surface area contributed by atoms with Crippen molar-refractivity contribution in [3.05, 3.63) is 65.2 Å². The first-order chi connectivity index (χ1) is 20.5. The maximum Gasteiger partial charge on any atom is 0.328 e. The normalized spacial score (nSPS) is 14.9. The number of nitrogens with zero attached hydrogens (tertiary/aromatic N) is 9. The van der Waals surface area contributed by atoms with Gasteiger partial charge in [-0.25, -0.2) is 23.5 Å². The van der Waals surface area contributed by atoms with E-state index in [1.165, 1.54) is 6.07 Å². The van der Waals surface area contributed by atoms with E-state index in [0.29, 0.717) is 58.0 Å². The molecule has 43 heavy (non-hydrogen) atoms. The second-order valence-electron chi connectivity index (χ2n) is 11.5. The van der Waals surface area contributed by atoms with Gasteiger partial charge in [0.25, 0.3) is 6.43 Å². The van der Waals surface area contributed by atoms with E-state index in [9.17, 15) is 13.6 Å². The summed E-state index contributed by atoms with van der Waals surface area (Å²) < 4.78 is 43.5. The van der Waals surface area contributed by atoms with Crippen LogP contribution in [0.3, 0.4) is 0 Å². The number of halogens is 2. The van der Waals surface area contributed by atoms with Crippen LogP contribution in [0.1, 0.15) is 18.9 Å². The van der Waals surface area contributed by atoms with Gasteiger partial charge in [0.2, 0.25) is 0 Å². The highest BCUT2D eigenvalue weighted by molar-refractivity contribution is 5.95. The zero-order valence-electron chi connectivity index (χ0n) is 24.7. The summed E-state index contributed by atoms with van der Waals surface area (Å²) in [5.74, 6) is 0.537. The molecule has 1 aliphatic rings. The Bertz CT molecular complexity index is 2110. The molecular formula is C30H31F2N9O2. The van der Waals surface area contributed by atoms with Crippen molar-refractivity contribution in [2.24, 2.45) is 28.2 Å². The van der Waals surface area contributed by atoms with Gasteiger partial charge in [-0.2, -0.15) is 5.10 Å². The molecule has 6 aromatic rings. The number of aromatic nitrogens is 8. The predicted molar refractivity (Wildman–Crippen MR) is 160 cm³/mol. The lowest BCUT2D eigenvalue weighted by Gasteiger charge is -2.48. The van der Waals surface area contributed by atoms with Crippen LogP contribution >= 0.6 is 0 Å². The Morgan fingerprint density at radius 1 is 1.00 bits per heavy atom. The third kappa shape index (κ3) is 4.02. The lowest BCUT2D eigenvalue weighted by molar-refractivity contribution is -0.0166. The van der Waals surface area contributed by atoms with Crippen LogP contribution in [-0.2, 0) is 32.9 Å². The molecule has 0 saturated carbocycles. The van der Waals surface area contributed by atoms with Crippen molar-refractivity contribution in [3.63, 3.8) is 0 Å². The molecule has 0 spiro atoms. The number of fused-ring (bicyclic) bond motifs is 2. The van der Waals surface area contributed by atoms with Gasteiger partial charge in [-0.05, 0) is 36.8 Å². The van der Waals surface area contributed by atoms with Gasteiger partial charge in [0, 0.05) is 65.7 Å². The van der Waals surface area contributed by atoms with Gasteiger partial charge in [-0.15, -0.1) is 0 Å². The molecule has 4 aromatic heterocycles. The maximum absolute atomic E-state index is 14.6. The first kappa shape index (κ1) is 27.1. The summed E-state index contributed by atoms with van der Waals surface area (Å²) in [5.41, 5.74) is 5.15. The third-order valence-corrected chi connectivity index (χ3v) is 8.59. The van der Waals surface area contributed by atoms with Gasteiger partial charge >= 0.3 is 5.69 Å². The number of alkyl halides is 2. The minimum absolute atomic E-state index is 0.120. The average molecular weight is 588 g/mol. The summed E-state index contributed by atoms with van der Waals surface area (Å²) in [7, 11) is 8.79. The van der Waals surface area contributed by atoms with Gasteiger partial charge in [-0.3, -0.25) is 18.4 Å². The minimum atomic E-state index is -2.73. The van der Waals surface area contributed by atoms with Crippen LogP contribution in [0.5, 0.6) is 0 Å². The van der Waals surface area contributed by atoms with Crippen molar-refractivity contribution in [2.75, 3.05) is 25.1 Å². The molecular weight excluding hydrogens is 556 g/mol. The SMILES string of the molecule is COC1(C)CN(c2cc(-n3c(-c4cncn4C)nc4cc(-c5cnn(C)c5)c(C(F)F)cc43)cc3c2n(C)c(=O)n3C)C1. The molecule has 2 aromatic carbocycles. The van der Waals surface area contributed by atoms with E-state index >= 15 is 0 Å². The highest BCUT2D eigenvalue weighted by Gasteiger charge is 2.40. The highest BCUT2D eigenvalue weighted by Crippen LogP contribution is 2.40. The van der Waals surface area contributed by atoms with E-state index in [4.69, 9.17) is 9.72 Å². The predicted octanol–water partition coefficient (Wildman–Crippen LogP) is 4.18. The number of imidazole rings is 3. The summed E-state index contributed by atoms with van der Waals surface area (Å²) in [6.07, 6.45) is 3.92. The Labute approximate surface area is 245 Å². The number of rotatable bonds is 6. The van der Waals surface area contributed by atoms with Crippen LogP contribution in [-0.4, -0.2) is 63.8 Å². The van der Waals surface area contributed by atoms with Gasteiger partial charge in [0.05, 0.1) is 57.8 Å². The van der Waals surface area contributed by atoms with Crippen molar-refractivity contribution in [2.45, 2.75) is 19.0 Å². The van der Waals surface area contributed by atoms with Gasteiger partial charge in [-0.1, -0.05) is 0 Å². The Morgan fingerprint density at radius 3 is 2.40 bits per heavy atom. The summed E-state index contributed by atoms with van der Waals surface area (Å²) >= 11 is 0. The zero-order chi connectivity index (χ0) is 30.4. The Hall–Kier alpha value is -4.78. The number of benzene rings is 2. The first-order valence-electron chi connectivity index (χ1n) is 13.8. The zero-order valence-corrected chi connectivity index (χ0v) is 24.7. The van der Waals surface area contributed by atoms with Gasteiger partial charge < -0.3 is 14.2 Å². The molecule has 1 fully saturated rings. The average Bonchev–Trinajstić information content (AvgIpc) is 3.73. The number of hydrogen-bond donors (Lipinski definition) is 0. The molecule has 13 heteroatoms. The number of hydrogen-bond acceptors (Lipinski definition) is 6. The van der Waals surface area contributed by atoms with E-state index < -0.39 is 6.43 Å². The van der Waals surface area contributed by atoms with Gasteiger partial charge in [0.15, 0.2) is 5.82 Å². The molecule has 7 rings (SSSR count). The number of methoxy groups -OCH3 is 1. The topological polar surface area (TPSA) is 92.9 Å². The number of anilines is 1. The van der Waals surface area contributed by atoms with E-state index in [1.54, 1.807) is 73.1 Å². The van der Waals surface area contributed by atoms with Crippen LogP contribution in [0.4, 0.5) is 14.5 Å². The second-order valence-corrected chi connectivity index (χ2v) is 11.5. The van der Waals surface area contributed by atoms with Crippen LogP contribution in [0.25, 0.3) is 50.4 Å². The Kier molecular flexibility index (Phi) is 5.90. The number of aryl methyl sites for hydroxylation is 4. The fourth-order valence-corrected chi connectivity index (χ4v) is 6.18. The van der Waals surface area contributed by atoms with Crippen molar-refractivity contribution in [1.82, 2.24) is 38.0 Å². The maximum atomic E-state index is 14.6. The largest absolute Gasteiger partial charge is 0.375 e. The van der Waals surface area contributed by atoms with Crippen LogP contribution in [0.15, 0.2) is 54.0 Å². The van der Waals surface area contributed by atoms with Crippen molar-refractivity contribution in [3.8, 4) is 28.3 Å². The molecule has 0 amide bonds. The Balaban J connectivity index is 1.55. The summed E-state index contributed by atoms with van der Waals surface area (Å²) in [6.45, 7) is 3.31. The molecule has 222 valence electrons. The Morgan fingerprint density at radius 2 is 1.77 bits per heavy atom. The van der Waals surface area contributed by atoms with Crippen LogP contribution < -0.4 is 10.6 Å². The third-order valence-electron chi connectivity index (χ3n) is 8.59. The van der Waals surface area contributed by atoms with E-state index in [2.05, 4.69) is 15.0 Å². The summed E-state index contributed by atoms with van der Waals surface area (Å²) in [5, 5.41) is 4.19. The molecule has 0 atom stereocenters. The highest BCUT2D eigenvalue weighted by atomic mass is 19.3.